The van der Waals surface area contributed by atoms with Gasteiger partial charge < -0.3 is 10.0 Å². The lowest BCUT2D eigenvalue weighted by Crippen LogP contribution is -2.31. The lowest BCUT2D eigenvalue weighted by Gasteiger charge is -2.23. The standard InChI is InChI=1S/C17H16F2N2O3S/c1-9-8-25-15(20-9)14-5-13(19)7-21(14)16(22)11-2-10(6-18)3-12(4-11)17(23)24/h2-4,8,13-14H,5-7H2,1H3,(H,23,24)/t13-,14?/m0/s1. The summed E-state index contributed by atoms with van der Waals surface area (Å²) in [6.45, 7) is 0.838. The van der Waals surface area contributed by atoms with E-state index >= 15 is 0 Å². The second-order valence-corrected chi connectivity index (χ2v) is 6.88. The molecule has 3 rings (SSSR count). The fourth-order valence-electron chi connectivity index (χ4n) is 2.95. The van der Waals surface area contributed by atoms with E-state index in [9.17, 15) is 18.4 Å². The number of nitrogens with zero attached hydrogens (tertiary/aromatic N) is 2. The molecule has 1 aliphatic heterocycles. The van der Waals surface area contributed by atoms with Crippen LogP contribution >= 0.6 is 11.3 Å². The molecule has 0 saturated carbocycles. The molecule has 2 atom stereocenters. The van der Waals surface area contributed by atoms with Crippen LogP contribution in [0.3, 0.4) is 0 Å². The summed E-state index contributed by atoms with van der Waals surface area (Å²) in [5, 5.41) is 11.6. The van der Waals surface area contributed by atoms with E-state index in [0.29, 0.717) is 5.01 Å². The maximum atomic E-state index is 14.0. The summed E-state index contributed by atoms with van der Waals surface area (Å²) < 4.78 is 27.0. The molecule has 1 aromatic heterocycles. The Bertz CT molecular complexity index is 824. The normalized spacial score (nSPS) is 20.0. The first-order valence-corrected chi connectivity index (χ1v) is 8.57. The second kappa shape index (κ2) is 6.87. The number of hydrogen-bond donors (Lipinski definition) is 1. The first-order valence-electron chi connectivity index (χ1n) is 7.69. The fourth-order valence-corrected chi connectivity index (χ4v) is 3.87. The molecule has 0 bridgehead atoms. The van der Waals surface area contributed by atoms with Gasteiger partial charge in [-0.2, -0.15) is 0 Å². The second-order valence-electron chi connectivity index (χ2n) is 5.99. The maximum absolute atomic E-state index is 14.0. The number of amides is 1. The van der Waals surface area contributed by atoms with E-state index in [2.05, 4.69) is 4.98 Å². The van der Waals surface area contributed by atoms with Gasteiger partial charge in [0.25, 0.3) is 5.91 Å². The summed E-state index contributed by atoms with van der Waals surface area (Å²) in [5.41, 5.74) is 0.763. The van der Waals surface area contributed by atoms with Gasteiger partial charge in [0, 0.05) is 23.1 Å². The van der Waals surface area contributed by atoms with Crippen molar-refractivity contribution >= 4 is 23.2 Å². The Morgan fingerprint density at radius 1 is 1.36 bits per heavy atom. The molecule has 1 amide bonds. The third-order valence-corrected chi connectivity index (χ3v) is 5.14. The smallest absolute Gasteiger partial charge is 0.335 e. The van der Waals surface area contributed by atoms with Crippen LogP contribution in [0.15, 0.2) is 23.6 Å². The van der Waals surface area contributed by atoms with Gasteiger partial charge in [0.1, 0.15) is 17.9 Å². The molecule has 1 unspecified atom stereocenters. The molecule has 8 heteroatoms. The first kappa shape index (κ1) is 17.5. The van der Waals surface area contributed by atoms with Gasteiger partial charge in [-0.3, -0.25) is 4.79 Å². The zero-order valence-corrected chi connectivity index (χ0v) is 14.2. The maximum Gasteiger partial charge on any atom is 0.335 e. The number of carboxylic acids is 1. The van der Waals surface area contributed by atoms with Crippen LogP contribution in [0, 0.1) is 6.92 Å². The zero-order chi connectivity index (χ0) is 18.1. The van der Waals surface area contributed by atoms with Crippen molar-refractivity contribution in [2.45, 2.75) is 32.2 Å². The Morgan fingerprint density at radius 3 is 2.68 bits per heavy atom. The molecule has 5 nitrogen and oxygen atoms in total. The predicted octanol–water partition coefficient (Wildman–Crippen LogP) is 3.54. The van der Waals surface area contributed by atoms with Gasteiger partial charge in [0.05, 0.1) is 18.2 Å². The van der Waals surface area contributed by atoms with Crippen molar-refractivity contribution in [2.75, 3.05) is 6.54 Å². The quantitative estimate of drug-likeness (QED) is 0.898. The number of rotatable bonds is 4. The number of carbonyl (C=O) groups excluding carboxylic acids is 1. The number of carboxylic acid groups (broad SMARTS) is 1. The zero-order valence-electron chi connectivity index (χ0n) is 13.4. The summed E-state index contributed by atoms with van der Waals surface area (Å²) >= 11 is 1.36. The highest BCUT2D eigenvalue weighted by Gasteiger charge is 2.38. The monoisotopic (exact) mass is 366 g/mol. The van der Waals surface area contributed by atoms with Crippen LogP contribution in [-0.2, 0) is 6.67 Å². The van der Waals surface area contributed by atoms with Crippen molar-refractivity contribution in [1.29, 1.82) is 0 Å². The average molecular weight is 366 g/mol. The molecule has 2 aromatic rings. The van der Waals surface area contributed by atoms with Crippen molar-refractivity contribution in [3.05, 3.63) is 51.0 Å². The minimum atomic E-state index is -1.25. The molecule has 2 heterocycles. The van der Waals surface area contributed by atoms with Crippen LogP contribution in [0.2, 0.25) is 0 Å². The largest absolute Gasteiger partial charge is 0.478 e. The molecule has 1 N–H and O–H groups in total. The minimum Gasteiger partial charge on any atom is -0.478 e. The van der Waals surface area contributed by atoms with E-state index in [0.717, 1.165) is 5.69 Å². The minimum absolute atomic E-state index is 0.0416. The Hall–Kier alpha value is -2.35. The Labute approximate surface area is 146 Å². The number of aromatic carboxylic acids is 1. The number of likely N-dealkylation sites (tertiary alicyclic amines) is 1. The molecule has 0 radical (unpaired) electrons. The summed E-state index contributed by atoms with van der Waals surface area (Å²) in [6.07, 6.45) is -1.03. The van der Waals surface area contributed by atoms with Crippen LogP contribution < -0.4 is 0 Å². The number of alkyl halides is 2. The Morgan fingerprint density at radius 2 is 2.08 bits per heavy atom. The van der Waals surface area contributed by atoms with E-state index in [1.54, 1.807) is 0 Å². The highest BCUT2D eigenvalue weighted by atomic mass is 32.1. The van der Waals surface area contributed by atoms with Crippen molar-refractivity contribution in [3.8, 4) is 0 Å². The van der Waals surface area contributed by atoms with Crippen LogP contribution in [-0.4, -0.2) is 39.6 Å². The van der Waals surface area contributed by atoms with Gasteiger partial charge in [-0.25, -0.2) is 18.6 Å². The van der Waals surface area contributed by atoms with Crippen molar-refractivity contribution in [1.82, 2.24) is 9.88 Å². The van der Waals surface area contributed by atoms with Crippen molar-refractivity contribution in [3.63, 3.8) is 0 Å². The molecule has 1 aromatic carbocycles. The van der Waals surface area contributed by atoms with Crippen LogP contribution in [0.5, 0.6) is 0 Å². The predicted molar refractivity (Wildman–Crippen MR) is 88.4 cm³/mol. The number of hydrogen-bond acceptors (Lipinski definition) is 4. The highest BCUT2D eigenvalue weighted by Crippen LogP contribution is 2.36. The highest BCUT2D eigenvalue weighted by molar-refractivity contribution is 7.09. The van der Waals surface area contributed by atoms with Crippen LogP contribution in [0.1, 0.15) is 49.4 Å². The molecular formula is C17H16F2N2O3S. The third kappa shape index (κ3) is 3.53. The van der Waals surface area contributed by atoms with Crippen molar-refractivity contribution < 1.29 is 23.5 Å². The fraction of sp³-hybridized carbons (Fsp3) is 0.353. The van der Waals surface area contributed by atoms with Gasteiger partial charge in [-0.1, -0.05) is 0 Å². The number of halogens is 2. The number of benzene rings is 1. The van der Waals surface area contributed by atoms with E-state index in [1.165, 1.54) is 34.4 Å². The molecule has 1 saturated heterocycles. The summed E-state index contributed by atoms with van der Waals surface area (Å²) in [6, 6.07) is 3.19. The summed E-state index contributed by atoms with van der Waals surface area (Å²) in [7, 11) is 0. The molecule has 1 fully saturated rings. The lowest BCUT2D eigenvalue weighted by molar-refractivity contribution is 0.0696. The SMILES string of the molecule is Cc1csc(C2C[C@H](F)CN2C(=O)c2cc(CF)cc(C(=O)O)c2)n1. The van der Waals surface area contributed by atoms with Crippen LogP contribution in [0.4, 0.5) is 8.78 Å². The van der Waals surface area contributed by atoms with Gasteiger partial charge in [0.2, 0.25) is 0 Å². The Kier molecular flexibility index (Phi) is 4.80. The van der Waals surface area contributed by atoms with E-state index in [-0.39, 0.29) is 29.7 Å². The van der Waals surface area contributed by atoms with E-state index < -0.39 is 30.8 Å². The molecular weight excluding hydrogens is 350 g/mol. The molecule has 0 aliphatic carbocycles. The van der Waals surface area contributed by atoms with Gasteiger partial charge in [-0.05, 0) is 30.7 Å². The van der Waals surface area contributed by atoms with Gasteiger partial charge in [-0.15, -0.1) is 11.3 Å². The topological polar surface area (TPSA) is 70.5 Å². The molecule has 0 spiro atoms. The lowest BCUT2D eigenvalue weighted by atomic mass is 10.0. The molecule has 132 valence electrons. The summed E-state index contributed by atoms with van der Waals surface area (Å²) in [5.74, 6) is -1.77. The van der Waals surface area contributed by atoms with Crippen LogP contribution in [0.25, 0.3) is 0 Å². The van der Waals surface area contributed by atoms with E-state index in [1.807, 2.05) is 12.3 Å². The summed E-state index contributed by atoms with van der Waals surface area (Å²) in [4.78, 5) is 29.7. The molecule has 1 aliphatic rings. The molecule has 25 heavy (non-hydrogen) atoms. The van der Waals surface area contributed by atoms with Crippen molar-refractivity contribution in [2.24, 2.45) is 0 Å². The third-order valence-electron chi connectivity index (χ3n) is 4.07. The van der Waals surface area contributed by atoms with Gasteiger partial charge in [0.15, 0.2) is 0 Å². The number of aryl methyl sites for hydroxylation is 1. The van der Waals surface area contributed by atoms with Gasteiger partial charge >= 0.3 is 5.97 Å². The first-order chi connectivity index (χ1) is 11.9. The number of aromatic nitrogens is 1. The van der Waals surface area contributed by atoms with E-state index in [4.69, 9.17) is 5.11 Å². The average Bonchev–Trinajstić information content (AvgIpc) is 3.19. The Balaban J connectivity index is 1.96. The number of thiazole rings is 1. The number of carbonyl (C=O) groups is 2.